The van der Waals surface area contributed by atoms with Crippen LogP contribution in [0.1, 0.15) is 33.4 Å². The quantitative estimate of drug-likeness (QED) is 0.143. The van der Waals surface area contributed by atoms with Gasteiger partial charge in [0.25, 0.3) is 0 Å². The van der Waals surface area contributed by atoms with Crippen LogP contribution in [0, 0.1) is 41.5 Å². The Labute approximate surface area is 390 Å². The molecule has 316 valence electrons. The summed E-state index contributed by atoms with van der Waals surface area (Å²) in [6, 6.07) is 76.9. The molecule has 66 heavy (non-hydrogen) atoms. The Hall–Kier alpha value is -7.80. The van der Waals surface area contributed by atoms with Crippen LogP contribution in [0.15, 0.2) is 206 Å². The normalized spacial score (nSPS) is 11.5. The first kappa shape index (κ1) is 40.9. The van der Waals surface area contributed by atoms with E-state index >= 15 is 0 Å². The molecule has 0 spiro atoms. The number of rotatable bonds is 0. The van der Waals surface area contributed by atoms with Crippen molar-refractivity contribution in [3.8, 4) is 111 Å². The van der Waals surface area contributed by atoms with Gasteiger partial charge in [-0.05, 0) is 186 Å². The van der Waals surface area contributed by atoms with Crippen molar-refractivity contribution in [3.05, 3.63) is 240 Å². The summed E-state index contributed by atoms with van der Waals surface area (Å²) in [5.41, 5.74) is 32.8. The lowest BCUT2D eigenvalue weighted by atomic mass is 9.83. The molecule has 0 heterocycles. The van der Waals surface area contributed by atoms with E-state index in [2.05, 4.69) is 248 Å². The Morgan fingerprint density at radius 1 is 0.136 bits per heavy atom. The Morgan fingerprint density at radius 3 is 0.439 bits per heavy atom. The van der Waals surface area contributed by atoms with Crippen LogP contribution in [0.5, 0.6) is 0 Å². The second kappa shape index (κ2) is 16.6. The minimum absolute atomic E-state index is 1.21. The lowest BCUT2D eigenvalue weighted by Crippen LogP contribution is -2.00. The van der Waals surface area contributed by atoms with Crippen LogP contribution in [0.25, 0.3) is 111 Å². The third-order valence-corrected chi connectivity index (χ3v) is 14.7. The summed E-state index contributed by atoms with van der Waals surface area (Å²) >= 11 is 0. The predicted molar refractivity (Wildman–Crippen MR) is 283 cm³/mol. The van der Waals surface area contributed by atoms with Gasteiger partial charge in [0.05, 0.1) is 0 Å². The van der Waals surface area contributed by atoms with Gasteiger partial charge in [0.1, 0.15) is 0 Å². The topological polar surface area (TPSA) is 0 Å². The molecule has 0 amide bonds. The first-order chi connectivity index (χ1) is 32.2. The van der Waals surface area contributed by atoms with Crippen LogP contribution in [-0.4, -0.2) is 0 Å². The molecule has 0 unspecified atom stereocenters. The van der Waals surface area contributed by atoms with Crippen molar-refractivity contribution in [2.75, 3.05) is 0 Å². The van der Waals surface area contributed by atoms with Crippen molar-refractivity contribution in [1.82, 2.24) is 0 Å². The minimum Gasteiger partial charge on any atom is -0.0538 e. The molecule has 0 aliphatic heterocycles. The lowest BCUT2D eigenvalue weighted by Gasteiger charge is -2.21. The Balaban J connectivity index is 0.954. The zero-order valence-electron chi connectivity index (χ0n) is 38.6. The van der Waals surface area contributed by atoms with Crippen LogP contribution in [0.2, 0.25) is 0 Å². The second-order valence-electron chi connectivity index (χ2n) is 18.3. The minimum atomic E-state index is 1.21. The summed E-state index contributed by atoms with van der Waals surface area (Å²) in [4.78, 5) is 0. The molecule has 0 N–H and O–H groups in total. The number of hydrogen-bond donors (Lipinski definition) is 0. The highest BCUT2D eigenvalue weighted by atomic mass is 14.2. The third kappa shape index (κ3) is 7.30. The molecule has 28 aliphatic rings. The van der Waals surface area contributed by atoms with Crippen molar-refractivity contribution in [1.29, 1.82) is 0 Å². The van der Waals surface area contributed by atoms with Gasteiger partial charge in [-0.25, -0.2) is 0 Å². The molecule has 0 atom stereocenters. The van der Waals surface area contributed by atoms with E-state index in [1.165, 1.54) is 145 Å². The van der Waals surface area contributed by atoms with E-state index in [-0.39, 0.29) is 0 Å². The number of hydrogen-bond acceptors (Lipinski definition) is 0. The van der Waals surface area contributed by atoms with Crippen molar-refractivity contribution in [2.24, 2.45) is 0 Å². The van der Waals surface area contributed by atoms with E-state index in [1.54, 1.807) is 0 Å². The highest BCUT2D eigenvalue weighted by molar-refractivity contribution is 5.86. The second-order valence-corrected chi connectivity index (χ2v) is 18.3. The highest BCUT2D eigenvalue weighted by Crippen LogP contribution is 2.41. The highest BCUT2D eigenvalue weighted by Gasteiger charge is 2.18. The Morgan fingerprint density at radius 2 is 0.273 bits per heavy atom. The molecular weight excluding hydrogens is 793 g/mol. The largest absolute Gasteiger partial charge is 0.0538 e. The maximum atomic E-state index is 2.30. The van der Waals surface area contributed by atoms with Crippen LogP contribution >= 0.6 is 0 Å². The van der Waals surface area contributed by atoms with Crippen molar-refractivity contribution in [3.63, 3.8) is 0 Å². The van der Waals surface area contributed by atoms with Gasteiger partial charge in [-0.1, -0.05) is 206 Å². The molecule has 0 fully saturated rings. The van der Waals surface area contributed by atoms with Crippen LogP contribution < -0.4 is 0 Å². The molecule has 0 aromatic heterocycles. The monoisotopic (exact) mass is 844 g/mol. The fraction of sp³-hybridized carbons (Fsp3) is 0.0909. The van der Waals surface area contributed by atoms with Crippen LogP contribution in [0.3, 0.4) is 0 Å². The molecule has 10 aromatic carbocycles. The lowest BCUT2D eigenvalue weighted by molar-refractivity contribution is 1.25. The average molecular weight is 845 g/mol. The van der Waals surface area contributed by atoms with Crippen LogP contribution in [0.4, 0.5) is 0 Å². The van der Waals surface area contributed by atoms with E-state index in [1.807, 2.05) is 0 Å². The maximum absolute atomic E-state index is 2.30. The molecular formula is C66H52. The number of benzene rings is 10. The summed E-state index contributed by atoms with van der Waals surface area (Å²) in [6.45, 7) is 13.7. The molecule has 28 aliphatic carbocycles. The van der Waals surface area contributed by atoms with Crippen molar-refractivity contribution < 1.29 is 0 Å². The van der Waals surface area contributed by atoms with E-state index in [9.17, 15) is 0 Å². The van der Waals surface area contributed by atoms with E-state index in [0.717, 1.165) is 0 Å². The summed E-state index contributed by atoms with van der Waals surface area (Å²) in [5.74, 6) is 0. The van der Waals surface area contributed by atoms with Crippen LogP contribution in [-0.2, 0) is 0 Å². The van der Waals surface area contributed by atoms with E-state index in [4.69, 9.17) is 0 Å². The molecule has 38 rings (SSSR count). The summed E-state index contributed by atoms with van der Waals surface area (Å²) in [7, 11) is 0. The third-order valence-electron chi connectivity index (χ3n) is 14.7. The first-order valence-electron chi connectivity index (χ1n) is 23.2. The van der Waals surface area contributed by atoms with Crippen molar-refractivity contribution >= 4 is 0 Å². The predicted octanol–water partition coefficient (Wildman–Crippen LogP) is 18.5. The zero-order chi connectivity index (χ0) is 45.1. The summed E-state index contributed by atoms with van der Waals surface area (Å²) in [6.07, 6.45) is 0. The molecule has 10 aromatic rings. The average Bonchev–Trinajstić information content (AvgIpc) is 3.37. The van der Waals surface area contributed by atoms with Gasteiger partial charge in [0.15, 0.2) is 0 Å². The summed E-state index contributed by atoms with van der Waals surface area (Å²) < 4.78 is 0. The van der Waals surface area contributed by atoms with Gasteiger partial charge in [0.2, 0.25) is 0 Å². The Kier molecular flexibility index (Phi) is 10.3. The maximum Gasteiger partial charge on any atom is -0.0120 e. The smallest absolute Gasteiger partial charge is 0.0120 e. The fourth-order valence-electron chi connectivity index (χ4n) is 10.4. The summed E-state index contributed by atoms with van der Waals surface area (Å²) in [5, 5.41) is 0. The fourth-order valence-corrected chi connectivity index (χ4v) is 10.4. The van der Waals surface area contributed by atoms with E-state index < -0.39 is 0 Å². The molecule has 20 bridgehead atoms. The van der Waals surface area contributed by atoms with Gasteiger partial charge in [0, 0.05) is 0 Å². The van der Waals surface area contributed by atoms with Gasteiger partial charge in [-0.3, -0.25) is 0 Å². The SMILES string of the molecule is Cc1c2ccc(c1C)-c1ccc(cc1)-c1ccc(cc1)-c1ccc(cc1)-c1ccc(cc1)-c1c(C)c(C)c(c(C)c1C)-c1ccc(cc1)-c1ccc(cc1)-c1ccc(cc1)-c1ccc-2cc1. The van der Waals surface area contributed by atoms with Crippen molar-refractivity contribution in [2.45, 2.75) is 41.5 Å². The van der Waals surface area contributed by atoms with Gasteiger partial charge < -0.3 is 0 Å². The Bertz CT molecular complexity index is 3140. The first-order valence-corrected chi connectivity index (χ1v) is 23.2. The standard InChI is InChI=1S/C66H52/c1-41-42(2)64-40-39-63(41)59-31-23-55(24-32-59)51-15-7-47(8-16-51)49-11-19-53(20-12-49)57-27-35-61(36-28-57)65-43(3)45(5)66(46(6)44(65)4)62-37-29-58(30-38-62)54-21-13-50(14-22-54)48-9-17-52(18-10-48)56-25-33-60(64)34-26-56/h7-40H,1-6H3. The zero-order valence-corrected chi connectivity index (χ0v) is 38.6. The van der Waals surface area contributed by atoms with E-state index in [0.29, 0.717) is 0 Å². The molecule has 0 saturated heterocycles. The molecule has 0 nitrogen and oxygen atoms in total. The molecule has 0 radical (unpaired) electrons. The van der Waals surface area contributed by atoms with Gasteiger partial charge in [-0.15, -0.1) is 0 Å². The molecule has 0 saturated carbocycles. The van der Waals surface area contributed by atoms with Gasteiger partial charge in [-0.2, -0.15) is 0 Å². The molecule has 0 heteroatoms. The van der Waals surface area contributed by atoms with Gasteiger partial charge >= 0.3 is 0 Å².